The number of nitrogens with zero attached hydrogens (tertiary/aromatic N) is 1. The lowest BCUT2D eigenvalue weighted by molar-refractivity contribution is 0.102. The minimum absolute atomic E-state index is 0.118. The number of amides is 1. The van der Waals surface area contributed by atoms with Gasteiger partial charge in [-0.15, -0.1) is 0 Å². The van der Waals surface area contributed by atoms with E-state index < -0.39 is 0 Å². The predicted octanol–water partition coefficient (Wildman–Crippen LogP) is 2.64. The smallest absolute Gasteiger partial charge is 0.255 e. The first-order chi connectivity index (χ1) is 7.75. The quantitative estimate of drug-likeness (QED) is 0.831. The molecule has 0 aliphatic carbocycles. The Kier molecular flexibility index (Phi) is 2.96. The average molecular weight is 212 g/mol. The summed E-state index contributed by atoms with van der Waals surface area (Å²) in [5.41, 5.74) is 2.53. The molecule has 0 unspecified atom stereocenters. The molecular weight excluding hydrogens is 200 g/mol. The van der Waals surface area contributed by atoms with Crippen LogP contribution in [0.15, 0.2) is 48.8 Å². The first-order valence-corrected chi connectivity index (χ1v) is 5.04. The number of pyridine rings is 1. The Hall–Kier alpha value is -2.16. The Morgan fingerprint density at radius 2 is 1.94 bits per heavy atom. The fourth-order valence-electron chi connectivity index (χ4n) is 1.43. The molecule has 0 fully saturated rings. The van der Waals surface area contributed by atoms with Gasteiger partial charge in [0.25, 0.3) is 5.91 Å². The molecule has 1 aromatic carbocycles. The van der Waals surface area contributed by atoms with Crippen molar-refractivity contribution in [2.45, 2.75) is 6.92 Å². The highest BCUT2D eigenvalue weighted by Crippen LogP contribution is 2.11. The molecule has 0 aliphatic rings. The second kappa shape index (κ2) is 4.57. The van der Waals surface area contributed by atoms with Crippen LogP contribution in [-0.4, -0.2) is 10.9 Å². The summed E-state index contributed by atoms with van der Waals surface area (Å²) in [4.78, 5) is 15.7. The van der Waals surface area contributed by atoms with E-state index in [0.717, 1.165) is 11.3 Å². The van der Waals surface area contributed by atoms with Crippen molar-refractivity contribution >= 4 is 11.6 Å². The van der Waals surface area contributed by atoms with Gasteiger partial charge in [-0.3, -0.25) is 9.78 Å². The van der Waals surface area contributed by atoms with E-state index in [-0.39, 0.29) is 5.91 Å². The van der Waals surface area contributed by atoms with Crippen molar-refractivity contribution in [1.29, 1.82) is 0 Å². The van der Waals surface area contributed by atoms with E-state index in [1.807, 2.05) is 31.2 Å². The number of aryl methyl sites for hydroxylation is 1. The van der Waals surface area contributed by atoms with Crippen LogP contribution >= 0.6 is 0 Å². The van der Waals surface area contributed by atoms with Gasteiger partial charge in [-0.05, 0) is 36.8 Å². The Bertz CT molecular complexity index is 494. The third kappa shape index (κ3) is 2.45. The van der Waals surface area contributed by atoms with Gasteiger partial charge in [0.1, 0.15) is 0 Å². The molecule has 0 saturated carbocycles. The van der Waals surface area contributed by atoms with Crippen molar-refractivity contribution in [3.63, 3.8) is 0 Å². The number of anilines is 1. The molecule has 3 heteroatoms. The summed E-state index contributed by atoms with van der Waals surface area (Å²) < 4.78 is 0. The zero-order valence-electron chi connectivity index (χ0n) is 8.97. The summed E-state index contributed by atoms with van der Waals surface area (Å²) >= 11 is 0. The van der Waals surface area contributed by atoms with Crippen LogP contribution in [0.25, 0.3) is 0 Å². The summed E-state index contributed by atoms with van der Waals surface area (Å²) in [5, 5.41) is 2.83. The van der Waals surface area contributed by atoms with Gasteiger partial charge in [0, 0.05) is 23.6 Å². The maximum Gasteiger partial charge on any atom is 0.255 e. The average Bonchev–Trinajstić information content (AvgIpc) is 2.30. The second-order valence-electron chi connectivity index (χ2n) is 3.56. The number of rotatable bonds is 2. The zero-order valence-corrected chi connectivity index (χ0v) is 8.97. The van der Waals surface area contributed by atoms with Crippen molar-refractivity contribution in [2.75, 3.05) is 5.32 Å². The fourth-order valence-corrected chi connectivity index (χ4v) is 1.43. The van der Waals surface area contributed by atoms with Gasteiger partial charge in [-0.1, -0.05) is 12.1 Å². The lowest BCUT2D eigenvalue weighted by Crippen LogP contribution is -2.11. The van der Waals surface area contributed by atoms with Crippen LogP contribution in [0.2, 0.25) is 0 Å². The van der Waals surface area contributed by atoms with Crippen molar-refractivity contribution in [3.05, 3.63) is 59.9 Å². The highest BCUT2D eigenvalue weighted by molar-refractivity contribution is 6.04. The van der Waals surface area contributed by atoms with E-state index in [1.54, 1.807) is 24.5 Å². The van der Waals surface area contributed by atoms with E-state index in [0.29, 0.717) is 5.56 Å². The topological polar surface area (TPSA) is 42.0 Å². The summed E-state index contributed by atoms with van der Waals surface area (Å²) in [7, 11) is 0. The van der Waals surface area contributed by atoms with Crippen molar-refractivity contribution in [1.82, 2.24) is 4.98 Å². The number of carbonyl (C=O) groups excluding carboxylic acids is 1. The van der Waals surface area contributed by atoms with Gasteiger partial charge in [0.2, 0.25) is 0 Å². The minimum atomic E-state index is -0.118. The molecule has 0 atom stereocenters. The Labute approximate surface area is 94.1 Å². The molecule has 2 rings (SSSR count). The minimum Gasteiger partial charge on any atom is -0.322 e. The van der Waals surface area contributed by atoms with Crippen LogP contribution in [0.1, 0.15) is 15.9 Å². The number of hydrogen-bond donors (Lipinski definition) is 1. The molecule has 2 aromatic rings. The lowest BCUT2D eigenvalue weighted by atomic mass is 10.2. The third-order valence-corrected chi connectivity index (χ3v) is 2.22. The first-order valence-electron chi connectivity index (χ1n) is 5.04. The number of carbonyl (C=O) groups is 1. The summed E-state index contributed by atoms with van der Waals surface area (Å²) in [6.45, 7) is 1.99. The molecule has 16 heavy (non-hydrogen) atoms. The molecular formula is C13H12N2O. The second-order valence-corrected chi connectivity index (χ2v) is 3.56. The monoisotopic (exact) mass is 212 g/mol. The Morgan fingerprint density at radius 3 is 2.62 bits per heavy atom. The summed E-state index contributed by atoms with van der Waals surface area (Å²) in [5.74, 6) is -0.118. The van der Waals surface area contributed by atoms with Crippen molar-refractivity contribution < 1.29 is 4.79 Å². The highest BCUT2D eigenvalue weighted by Gasteiger charge is 2.04. The van der Waals surface area contributed by atoms with Gasteiger partial charge in [-0.25, -0.2) is 0 Å². The van der Waals surface area contributed by atoms with E-state index in [9.17, 15) is 4.79 Å². The molecule has 1 heterocycles. The fraction of sp³-hybridized carbons (Fsp3) is 0.0769. The highest BCUT2D eigenvalue weighted by atomic mass is 16.1. The number of benzene rings is 1. The van der Waals surface area contributed by atoms with E-state index in [1.165, 1.54) is 0 Å². The molecule has 1 N–H and O–H groups in total. The van der Waals surface area contributed by atoms with E-state index in [4.69, 9.17) is 0 Å². The predicted molar refractivity (Wildman–Crippen MR) is 63.4 cm³/mol. The molecule has 1 amide bonds. The molecule has 0 spiro atoms. The number of nitrogens with one attached hydrogen (secondary N) is 1. The Balaban J connectivity index is 2.14. The van der Waals surface area contributed by atoms with Crippen LogP contribution < -0.4 is 5.32 Å². The molecule has 0 bridgehead atoms. The number of hydrogen-bond acceptors (Lipinski definition) is 2. The maximum absolute atomic E-state index is 11.8. The van der Waals surface area contributed by atoms with Crippen molar-refractivity contribution in [2.24, 2.45) is 0 Å². The third-order valence-electron chi connectivity index (χ3n) is 2.22. The lowest BCUT2D eigenvalue weighted by Gasteiger charge is -2.05. The van der Waals surface area contributed by atoms with Gasteiger partial charge < -0.3 is 5.32 Å². The standard InChI is InChI=1S/C13H12N2O/c1-10-3-2-4-12(9-10)15-13(16)11-5-7-14-8-6-11/h2-9H,1H3,(H,15,16). The molecule has 1 aromatic heterocycles. The van der Waals surface area contributed by atoms with Crippen LogP contribution in [0.3, 0.4) is 0 Å². The maximum atomic E-state index is 11.8. The SMILES string of the molecule is Cc1cccc(NC(=O)c2ccncc2)c1. The first kappa shape index (κ1) is 10.4. The van der Waals surface area contributed by atoms with E-state index >= 15 is 0 Å². The van der Waals surface area contributed by atoms with E-state index in [2.05, 4.69) is 10.3 Å². The summed E-state index contributed by atoms with van der Waals surface area (Å²) in [6, 6.07) is 11.1. The molecule has 0 saturated heterocycles. The normalized spacial score (nSPS) is 9.81. The summed E-state index contributed by atoms with van der Waals surface area (Å²) in [6.07, 6.45) is 3.20. The van der Waals surface area contributed by atoms with Gasteiger partial charge in [-0.2, -0.15) is 0 Å². The Morgan fingerprint density at radius 1 is 1.19 bits per heavy atom. The van der Waals surface area contributed by atoms with Gasteiger partial charge in [0.15, 0.2) is 0 Å². The number of aromatic nitrogens is 1. The van der Waals surface area contributed by atoms with Gasteiger partial charge >= 0.3 is 0 Å². The van der Waals surface area contributed by atoms with Crippen LogP contribution in [0.4, 0.5) is 5.69 Å². The largest absolute Gasteiger partial charge is 0.322 e. The van der Waals surface area contributed by atoms with Crippen LogP contribution in [-0.2, 0) is 0 Å². The zero-order chi connectivity index (χ0) is 11.4. The van der Waals surface area contributed by atoms with Crippen LogP contribution in [0, 0.1) is 6.92 Å². The van der Waals surface area contributed by atoms with Crippen LogP contribution in [0.5, 0.6) is 0 Å². The molecule has 80 valence electrons. The molecule has 0 radical (unpaired) electrons. The molecule has 0 aliphatic heterocycles. The van der Waals surface area contributed by atoms with Crippen molar-refractivity contribution in [3.8, 4) is 0 Å². The molecule has 3 nitrogen and oxygen atoms in total. The van der Waals surface area contributed by atoms with Gasteiger partial charge in [0.05, 0.1) is 0 Å².